The molecule has 0 aromatic heterocycles. The highest BCUT2D eigenvalue weighted by atomic mass is 35.5. The summed E-state index contributed by atoms with van der Waals surface area (Å²) in [6.45, 7) is 3.54. The van der Waals surface area contributed by atoms with Crippen LogP contribution in [0.3, 0.4) is 0 Å². The first-order valence-corrected chi connectivity index (χ1v) is 7.67. The standard InChI is InChI=1S/C15H19ClN2O3/c16-11-3-1-4-12(14(11)18-6-9-20-10-7-18)17-15(19)13-5-2-8-21-13/h1,3-4,13H,2,5-10H2,(H,17,19). The molecule has 2 fully saturated rings. The second-order valence-corrected chi connectivity index (χ2v) is 5.63. The first kappa shape index (κ1) is 14.6. The Hall–Kier alpha value is -1.30. The lowest BCUT2D eigenvalue weighted by molar-refractivity contribution is -0.124. The Morgan fingerprint density at radius 1 is 1.29 bits per heavy atom. The molecule has 0 saturated carbocycles. The van der Waals surface area contributed by atoms with Gasteiger partial charge in [0.1, 0.15) is 6.10 Å². The van der Waals surface area contributed by atoms with Gasteiger partial charge in [0.25, 0.3) is 5.91 Å². The van der Waals surface area contributed by atoms with Gasteiger partial charge in [0, 0.05) is 19.7 Å². The van der Waals surface area contributed by atoms with Gasteiger partial charge in [0.2, 0.25) is 0 Å². The van der Waals surface area contributed by atoms with Gasteiger partial charge in [0.15, 0.2) is 0 Å². The summed E-state index contributed by atoms with van der Waals surface area (Å²) in [6, 6.07) is 5.56. The summed E-state index contributed by atoms with van der Waals surface area (Å²) in [7, 11) is 0. The second kappa shape index (κ2) is 6.64. The van der Waals surface area contributed by atoms with Gasteiger partial charge in [-0.25, -0.2) is 0 Å². The van der Waals surface area contributed by atoms with Crippen molar-refractivity contribution < 1.29 is 14.3 Å². The molecular formula is C15H19ClN2O3. The summed E-state index contributed by atoms with van der Waals surface area (Å²) in [6.07, 6.45) is 1.37. The number of nitrogens with one attached hydrogen (secondary N) is 1. The van der Waals surface area contributed by atoms with Crippen LogP contribution in [0, 0.1) is 0 Å². The summed E-state index contributed by atoms with van der Waals surface area (Å²) < 4.78 is 10.8. The SMILES string of the molecule is O=C(Nc1cccc(Cl)c1N1CCOCC1)C1CCCO1. The van der Waals surface area contributed by atoms with Crippen molar-refractivity contribution in [3.05, 3.63) is 23.2 Å². The molecule has 2 saturated heterocycles. The summed E-state index contributed by atoms with van der Waals surface area (Å²) >= 11 is 6.34. The van der Waals surface area contributed by atoms with E-state index < -0.39 is 0 Å². The molecule has 1 N–H and O–H groups in total. The topological polar surface area (TPSA) is 50.8 Å². The molecule has 1 aromatic carbocycles. The van der Waals surface area contributed by atoms with E-state index in [0.717, 1.165) is 37.3 Å². The summed E-state index contributed by atoms with van der Waals surface area (Å²) in [5.74, 6) is -0.0933. The quantitative estimate of drug-likeness (QED) is 0.930. The van der Waals surface area contributed by atoms with Crippen molar-refractivity contribution in [2.75, 3.05) is 43.1 Å². The van der Waals surface area contributed by atoms with E-state index in [1.165, 1.54) is 0 Å². The van der Waals surface area contributed by atoms with Crippen molar-refractivity contribution >= 4 is 28.9 Å². The van der Waals surface area contributed by atoms with Crippen molar-refractivity contribution in [3.8, 4) is 0 Å². The lowest BCUT2D eigenvalue weighted by Crippen LogP contribution is -2.37. The van der Waals surface area contributed by atoms with E-state index in [-0.39, 0.29) is 12.0 Å². The molecule has 0 spiro atoms. The van der Waals surface area contributed by atoms with Gasteiger partial charge in [-0.15, -0.1) is 0 Å². The number of hydrogen-bond acceptors (Lipinski definition) is 4. The third-order valence-corrected chi connectivity index (χ3v) is 4.10. The van der Waals surface area contributed by atoms with Crippen LogP contribution in [-0.4, -0.2) is 44.9 Å². The van der Waals surface area contributed by atoms with Crippen LogP contribution in [0.4, 0.5) is 11.4 Å². The van der Waals surface area contributed by atoms with Crippen LogP contribution < -0.4 is 10.2 Å². The van der Waals surface area contributed by atoms with Crippen LogP contribution in [0.15, 0.2) is 18.2 Å². The average Bonchev–Trinajstić information content (AvgIpc) is 3.02. The van der Waals surface area contributed by atoms with Gasteiger partial charge < -0.3 is 19.7 Å². The highest BCUT2D eigenvalue weighted by molar-refractivity contribution is 6.34. The molecule has 114 valence electrons. The maximum Gasteiger partial charge on any atom is 0.253 e. The minimum atomic E-state index is -0.346. The highest BCUT2D eigenvalue weighted by Gasteiger charge is 2.25. The fourth-order valence-corrected chi connectivity index (χ4v) is 3.02. The fourth-order valence-electron chi connectivity index (χ4n) is 2.72. The number of halogens is 1. The van der Waals surface area contributed by atoms with E-state index in [1.54, 1.807) is 0 Å². The Balaban J connectivity index is 1.80. The highest BCUT2D eigenvalue weighted by Crippen LogP contribution is 2.34. The summed E-state index contributed by atoms with van der Waals surface area (Å²) in [4.78, 5) is 14.4. The molecule has 2 aliphatic heterocycles. The predicted octanol–water partition coefficient (Wildman–Crippen LogP) is 2.29. The maximum absolute atomic E-state index is 12.2. The van der Waals surface area contributed by atoms with Crippen LogP contribution in [0.5, 0.6) is 0 Å². The zero-order chi connectivity index (χ0) is 14.7. The minimum Gasteiger partial charge on any atom is -0.378 e. The molecule has 1 amide bonds. The van der Waals surface area contributed by atoms with Crippen LogP contribution in [0.1, 0.15) is 12.8 Å². The van der Waals surface area contributed by atoms with Gasteiger partial charge in [-0.3, -0.25) is 4.79 Å². The Bertz CT molecular complexity index is 512. The summed E-state index contributed by atoms with van der Waals surface area (Å²) in [5.41, 5.74) is 1.61. The minimum absolute atomic E-state index is 0.0933. The lowest BCUT2D eigenvalue weighted by atomic mass is 10.2. The molecule has 5 nitrogen and oxygen atoms in total. The van der Waals surface area contributed by atoms with Crippen molar-refractivity contribution in [2.24, 2.45) is 0 Å². The Labute approximate surface area is 129 Å². The van der Waals surface area contributed by atoms with E-state index in [2.05, 4.69) is 10.2 Å². The summed E-state index contributed by atoms with van der Waals surface area (Å²) in [5, 5.41) is 3.60. The van der Waals surface area contributed by atoms with Crippen molar-refractivity contribution in [1.29, 1.82) is 0 Å². The van der Waals surface area contributed by atoms with Crippen LogP contribution in [0.2, 0.25) is 5.02 Å². The Morgan fingerprint density at radius 3 is 2.81 bits per heavy atom. The van der Waals surface area contributed by atoms with Crippen molar-refractivity contribution in [1.82, 2.24) is 0 Å². The van der Waals surface area contributed by atoms with Crippen LogP contribution in [-0.2, 0) is 14.3 Å². The molecular weight excluding hydrogens is 292 g/mol. The fraction of sp³-hybridized carbons (Fsp3) is 0.533. The molecule has 21 heavy (non-hydrogen) atoms. The number of anilines is 2. The molecule has 2 heterocycles. The maximum atomic E-state index is 12.2. The van der Waals surface area contributed by atoms with Gasteiger partial charge in [-0.05, 0) is 25.0 Å². The monoisotopic (exact) mass is 310 g/mol. The van der Waals surface area contributed by atoms with Crippen LogP contribution >= 0.6 is 11.6 Å². The first-order valence-electron chi connectivity index (χ1n) is 7.29. The first-order chi connectivity index (χ1) is 10.3. The zero-order valence-corrected chi connectivity index (χ0v) is 12.6. The van der Waals surface area contributed by atoms with E-state index in [4.69, 9.17) is 21.1 Å². The number of amides is 1. The zero-order valence-electron chi connectivity index (χ0n) is 11.8. The Morgan fingerprint density at radius 2 is 2.10 bits per heavy atom. The molecule has 1 atom stereocenters. The number of ether oxygens (including phenoxy) is 2. The van der Waals surface area contributed by atoms with E-state index in [9.17, 15) is 4.79 Å². The molecule has 0 aliphatic carbocycles. The number of rotatable bonds is 3. The average molecular weight is 311 g/mol. The van der Waals surface area contributed by atoms with E-state index in [1.807, 2.05) is 18.2 Å². The van der Waals surface area contributed by atoms with Gasteiger partial charge >= 0.3 is 0 Å². The normalized spacial score (nSPS) is 22.3. The van der Waals surface area contributed by atoms with E-state index >= 15 is 0 Å². The van der Waals surface area contributed by atoms with Crippen molar-refractivity contribution in [3.63, 3.8) is 0 Å². The molecule has 0 radical (unpaired) electrons. The third-order valence-electron chi connectivity index (χ3n) is 3.79. The number of hydrogen-bond donors (Lipinski definition) is 1. The number of carbonyl (C=O) groups excluding carboxylic acids is 1. The van der Waals surface area contributed by atoms with Gasteiger partial charge in [-0.2, -0.15) is 0 Å². The number of carbonyl (C=O) groups is 1. The molecule has 3 rings (SSSR count). The predicted molar refractivity (Wildman–Crippen MR) is 82.1 cm³/mol. The third kappa shape index (κ3) is 3.31. The van der Waals surface area contributed by atoms with Crippen LogP contribution in [0.25, 0.3) is 0 Å². The number of benzene rings is 1. The molecule has 1 unspecified atom stereocenters. The van der Waals surface area contributed by atoms with Crippen molar-refractivity contribution in [2.45, 2.75) is 18.9 Å². The molecule has 6 heteroatoms. The number of nitrogens with zero attached hydrogens (tertiary/aromatic N) is 1. The number of morpholine rings is 1. The largest absolute Gasteiger partial charge is 0.378 e. The molecule has 1 aromatic rings. The van der Waals surface area contributed by atoms with Gasteiger partial charge in [-0.1, -0.05) is 17.7 Å². The lowest BCUT2D eigenvalue weighted by Gasteiger charge is -2.31. The Kier molecular flexibility index (Phi) is 4.63. The smallest absolute Gasteiger partial charge is 0.253 e. The molecule has 0 bridgehead atoms. The van der Waals surface area contributed by atoms with Gasteiger partial charge in [0.05, 0.1) is 29.6 Å². The molecule has 2 aliphatic rings. The van der Waals surface area contributed by atoms with E-state index in [0.29, 0.717) is 24.8 Å². The second-order valence-electron chi connectivity index (χ2n) is 5.23. The number of para-hydroxylation sites is 1.